The Hall–Kier alpha value is -1.59. The largest absolute Gasteiger partial charge is 0.368 e. The SMILES string of the molecule is NC(=O)CN1C(=O)C(N)c2ccc(Cl)cc21. The summed E-state index contributed by atoms with van der Waals surface area (Å²) in [6, 6.07) is 4.19. The predicted octanol–water partition coefficient (Wildman–Crippen LogP) is 0.172. The number of carbonyl (C=O) groups excluding carboxylic acids is 2. The molecule has 1 aromatic rings. The van der Waals surface area contributed by atoms with Crippen LogP contribution >= 0.6 is 11.6 Å². The molecule has 0 radical (unpaired) electrons. The quantitative estimate of drug-likeness (QED) is 0.771. The summed E-state index contributed by atoms with van der Waals surface area (Å²) in [5, 5.41) is 0.482. The van der Waals surface area contributed by atoms with Gasteiger partial charge in [0, 0.05) is 10.6 Å². The van der Waals surface area contributed by atoms with Gasteiger partial charge in [0.15, 0.2) is 0 Å². The van der Waals surface area contributed by atoms with Crippen LogP contribution in [0.4, 0.5) is 5.69 Å². The van der Waals surface area contributed by atoms with Gasteiger partial charge in [-0.05, 0) is 12.1 Å². The first kappa shape index (κ1) is 10.9. The number of fused-ring (bicyclic) bond motifs is 1. The van der Waals surface area contributed by atoms with E-state index in [0.717, 1.165) is 0 Å². The Kier molecular flexibility index (Phi) is 2.57. The van der Waals surface area contributed by atoms with Crippen LogP contribution < -0.4 is 16.4 Å². The zero-order chi connectivity index (χ0) is 11.9. The maximum atomic E-state index is 11.8. The molecule has 1 heterocycles. The van der Waals surface area contributed by atoms with Crippen LogP contribution in [0.3, 0.4) is 0 Å². The fraction of sp³-hybridized carbons (Fsp3) is 0.200. The smallest absolute Gasteiger partial charge is 0.249 e. The number of benzene rings is 1. The van der Waals surface area contributed by atoms with Crippen LogP contribution in [0.2, 0.25) is 5.02 Å². The summed E-state index contributed by atoms with van der Waals surface area (Å²) < 4.78 is 0. The minimum Gasteiger partial charge on any atom is -0.368 e. The number of halogens is 1. The van der Waals surface area contributed by atoms with Crippen LogP contribution in [-0.2, 0) is 9.59 Å². The number of amides is 2. The fourth-order valence-corrected chi connectivity index (χ4v) is 1.92. The van der Waals surface area contributed by atoms with Gasteiger partial charge in [-0.2, -0.15) is 0 Å². The molecule has 0 aromatic heterocycles. The van der Waals surface area contributed by atoms with E-state index in [0.29, 0.717) is 16.3 Å². The Morgan fingerprint density at radius 2 is 2.19 bits per heavy atom. The zero-order valence-corrected chi connectivity index (χ0v) is 9.07. The van der Waals surface area contributed by atoms with Gasteiger partial charge in [-0.25, -0.2) is 0 Å². The molecule has 0 saturated heterocycles. The van der Waals surface area contributed by atoms with E-state index < -0.39 is 11.9 Å². The topological polar surface area (TPSA) is 89.4 Å². The summed E-state index contributed by atoms with van der Waals surface area (Å²) in [5.74, 6) is -0.926. The third-order valence-corrected chi connectivity index (χ3v) is 2.70. The first-order chi connectivity index (χ1) is 7.50. The lowest BCUT2D eigenvalue weighted by Gasteiger charge is -2.15. The molecule has 0 saturated carbocycles. The number of rotatable bonds is 2. The molecule has 2 amide bonds. The summed E-state index contributed by atoms with van der Waals surface area (Å²) in [5.41, 5.74) is 12.0. The summed E-state index contributed by atoms with van der Waals surface area (Å²) >= 11 is 5.83. The molecule has 0 bridgehead atoms. The van der Waals surface area contributed by atoms with Crippen LogP contribution in [0.1, 0.15) is 11.6 Å². The molecular weight excluding hydrogens is 230 g/mol. The molecule has 1 atom stereocenters. The molecule has 1 aromatic carbocycles. The molecule has 16 heavy (non-hydrogen) atoms. The minimum atomic E-state index is -0.744. The standard InChI is InChI=1S/C10H10ClN3O2/c11-5-1-2-6-7(3-5)14(4-8(12)15)10(16)9(6)13/h1-3,9H,4,13H2,(H2,12,15). The highest BCUT2D eigenvalue weighted by Gasteiger charge is 2.35. The van der Waals surface area contributed by atoms with Gasteiger partial charge in [-0.1, -0.05) is 17.7 Å². The Bertz CT molecular complexity index is 475. The Labute approximate surface area is 97.0 Å². The molecule has 1 aliphatic heterocycles. The second-order valence-corrected chi connectivity index (χ2v) is 4.01. The molecule has 0 spiro atoms. The van der Waals surface area contributed by atoms with E-state index in [1.165, 1.54) is 4.90 Å². The molecule has 4 N–H and O–H groups in total. The number of primary amides is 1. The van der Waals surface area contributed by atoms with Crippen molar-refractivity contribution in [2.75, 3.05) is 11.4 Å². The van der Waals surface area contributed by atoms with E-state index in [2.05, 4.69) is 0 Å². The summed E-state index contributed by atoms with van der Waals surface area (Å²) in [4.78, 5) is 23.9. The van der Waals surface area contributed by atoms with Crippen molar-refractivity contribution in [3.05, 3.63) is 28.8 Å². The van der Waals surface area contributed by atoms with Gasteiger partial charge in [-0.15, -0.1) is 0 Å². The normalized spacial score (nSPS) is 18.8. The maximum Gasteiger partial charge on any atom is 0.249 e. The third-order valence-electron chi connectivity index (χ3n) is 2.46. The number of anilines is 1. The van der Waals surface area contributed by atoms with Crippen LogP contribution in [0.5, 0.6) is 0 Å². The molecule has 1 unspecified atom stereocenters. The molecule has 0 aliphatic carbocycles. The molecule has 2 rings (SSSR count). The van der Waals surface area contributed by atoms with E-state index in [1.807, 2.05) is 0 Å². The number of hydrogen-bond donors (Lipinski definition) is 2. The maximum absolute atomic E-state index is 11.8. The number of nitrogens with two attached hydrogens (primary N) is 2. The summed E-state index contributed by atoms with van der Waals surface area (Å²) in [6.07, 6.45) is 0. The lowest BCUT2D eigenvalue weighted by molar-refractivity contribution is -0.122. The van der Waals surface area contributed by atoms with Gasteiger partial charge < -0.3 is 16.4 Å². The van der Waals surface area contributed by atoms with E-state index >= 15 is 0 Å². The first-order valence-electron chi connectivity index (χ1n) is 4.65. The average Bonchev–Trinajstić information content (AvgIpc) is 2.43. The summed E-state index contributed by atoms with van der Waals surface area (Å²) in [7, 11) is 0. The monoisotopic (exact) mass is 239 g/mol. The fourth-order valence-electron chi connectivity index (χ4n) is 1.75. The highest BCUT2D eigenvalue weighted by atomic mass is 35.5. The summed E-state index contributed by atoms with van der Waals surface area (Å²) in [6.45, 7) is -0.181. The number of nitrogens with zero attached hydrogens (tertiary/aromatic N) is 1. The zero-order valence-electron chi connectivity index (χ0n) is 8.31. The van der Waals surface area contributed by atoms with Crippen LogP contribution in [-0.4, -0.2) is 18.4 Å². The van der Waals surface area contributed by atoms with Crippen molar-refractivity contribution in [3.8, 4) is 0 Å². The van der Waals surface area contributed by atoms with Crippen LogP contribution in [0.25, 0.3) is 0 Å². The van der Waals surface area contributed by atoms with Gasteiger partial charge in [0.05, 0.1) is 5.69 Å². The van der Waals surface area contributed by atoms with Gasteiger partial charge in [-0.3, -0.25) is 9.59 Å². The van der Waals surface area contributed by atoms with E-state index in [-0.39, 0.29) is 12.5 Å². The van der Waals surface area contributed by atoms with E-state index in [4.69, 9.17) is 23.1 Å². The highest BCUT2D eigenvalue weighted by Crippen LogP contribution is 2.35. The second-order valence-electron chi connectivity index (χ2n) is 3.57. The van der Waals surface area contributed by atoms with Gasteiger partial charge >= 0.3 is 0 Å². The minimum absolute atomic E-state index is 0.181. The number of carbonyl (C=O) groups is 2. The van der Waals surface area contributed by atoms with Crippen molar-refractivity contribution < 1.29 is 9.59 Å². The van der Waals surface area contributed by atoms with Crippen molar-refractivity contribution >= 4 is 29.1 Å². The van der Waals surface area contributed by atoms with Crippen molar-refractivity contribution in [2.45, 2.75) is 6.04 Å². The Balaban J connectivity index is 2.47. The highest BCUT2D eigenvalue weighted by molar-refractivity contribution is 6.31. The molecule has 84 valence electrons. The van der Waals surface area contributed by atoms with E-state index in [1.54, 1.807) is 18.2 Å². The Morgan fingerprint density at radius 3 is 2.81 bits per heavy atom. The van der Waals surface area contributed by atoms with Crippen LogP contribution in [0.15, 0.2) is 18.2 Å². The predicted molar refractivity (Wildman–Crippen MR) is 59.9 cm³/mol. The van der Waals surface area contributed by atoms with Crippen molar-refractivity contribution in [1.29, 1.82) is 0 Å². The molecule has 1 aliphatic rings. The van der Waals surface area contributed by atoms with Gasteiger partial charge in [0.1, 0.15) is 12.6 Å². The first-order valence-corrected chi connectivity index (χ1v) is 5.03. The Morgan fingerprint density at radius 1 is 1.50 bits per heavy atom. The second kappa shape index (κ2) is 3.77. The average molecular weight is 240 g/mol. The molecule has 0 fully saturated rings. The van der Waals surface area contributed by atoms with Crippen molar-refractivity contribution in [2.24, 2.45) is 11.5 Å². The molecule has 5 nitrogen and oxygen atoms in total. The lowest BCUT2D eigenvalue weighted by Crippen LogP contribution is -2.38. The molecular formula is C10H10ClN3O2. The van der Waals surface area contributed by atoms with E-state index in [9.17, 15) is 9.59 Å². The van der Waals surface area contributed by atoms with Gasteiger partial charge in [0.25, 0.3) is 0 Å². The number of hydrogen-bond acceptors (Lipinski definition) is 3. The van der Waals surface area contributed by atoms with Crippen molar-refractivity contribution in [3.63, 3.8) is 0 Å². The molecule has 6 heteroatoms. The third kappa shape index (κ3) is 1.64. The van der Waals surface area contributed by atoms with Gasteiger partial charge in [0.2, 0.25) is 11.8 Å². The van der Waals surface area contributed by atoms with Crippen LogP contribution in [0, 0.1) is 0 Å². The lowest BCUT2D eigenvalue weighted by atomic mass is 10.1. The van der Waals surface area contributed by atoms with Crippen molar-refractivity contribution in [1.82, 2.24) is 0 Å².